The monoisotopic (exact) mass is 391 g/mol. The van der Waals surface area contributed by atoms with Crippen molar-refractivity contribution in [3.8, 4) is 5.75 Å². The first-order valence-electron chi connectivity index (χ1n) is 9.08. The summed E-state index contributed by atoms with van der Waals surface area (Å²) in [5.74, 6) is -2.00. The summed E-state index contributed by atoms with van der Waals surface area (Å²) in [5.41, 5.74) is -1.48. The molecule has 1 aromatic carbocycles. The lowest BCUT2D eigenvalue weighted by Crippen LogP contribution is -2.57. The third-order valence-electron chi connectivity index (χ3n) is 5.14. The molecule has 0 unspecified atom stereocenters. The zero-order valence-electron chi connectivity index (χ0n) is 15.2. The number of anilines is 1. The molecule has 0 spiro atoms. The van der Waals surface area contributed by atoms with Crippen molar-refractivity contribution in [2.45, 2.75) is 44.1 Å². The third kappa shape index (κ3) is 3.90. The Morgan fingerprint density at radius 2 is 1.93 bits per heavy atom. The van der Waals surface area contributed by atoms with Gasteiger partial charge in [0.15, 0.2) is 6.61 Å². The Labute approximate surface area is 160 Å². The number of carbonyl (C=O) groups is 3. The summed E-state index contributed by atoms with van der Waals surface area (Å²) in [4.78, 5) is 48.3. The minimum Gasteiger partial charge on any atom is -0.482 e. The van der Waals surface area contributed by atoms with E-state index in [0.29, 0.717) is 25.7 Å². The first-order chi connectivity index (χ1) is 13.3. The summed E-state index contributed by atoms with van der Waals surface area (Å²) < 4.78 is 5.27. The van der Waals surface area contributed by atoms with E-state index in [2.05, 4.69) is 5.32 Å². The van der Waals surface area contributed by atoms with E-state index in [-0.39, 0.29) is 23.7 Å². The molecule has 0 radical (unpaired) electrons. The minimum absolute atomic E-state index is 0.117. The third-order valence-corrected chi connectivity index (χ3v) is 5.14. The van der Waals surface area contributed by atoms with E-state index >= 15 is 0 Å². The van der Waals surface area contributed by atoms with Crippen LogP contribution >= 0.6 is 0 Å². The van der Waals surface area contributed by atoms with E-state index in [4.69, 9.17) is 4.74 Å². The molecular weight excluding hydrogens is 370 g/mol. The van der Waals surface area contributed by atoms with Gasteiger partial charge in [-0.3, -0.25) is 24.6 Å². The summed E-state index contributed by atoms with van der Waals surface area (Å²) in [6, 6.07) is 3.78. The molecule has 2 N–H and O–H groups in total. The molecular formula is C18H21N3O7. The van der Waals surface area contributed by atoms with E-state index in [0.717, 1.165) is 23.8 Å². The van der Waals surface area contributed by atoms with Gasteiger partial charge < -0.3 is 15.2 Å². The van der Waals surface area contributed by atoms with Crippen molar-refractivity contribution < 1.29 is 29.2 Å². The van der Waals surface area contributed by atoms with Crippen LogP contribution < -0.4 is 15.0 Å². The predicted molar refractivity (Wildman–Crippen MR) is 97.2 cm³/mol. The molecule has 10 nitrogen and oxygen atoms in total. The van der Waals surface area contributed by atoms with Crippen LogP contribution in [0.2, 0.25) is 0 Å². The number of carboxylic acids is 1. The highest BCUT2D eigenvalue weighted by Crippen LogP contribution is 2.35. The maximum atomic E-state index is 12.6. The SMILES string of the molecule is O=C(CN1C(=O)COc2ccc([N+](=O)[O-])cc21)NC1(C(=O)O)CCCCCC1. The second-order valence-corrected chi connectivity index (χ2v) is 7.03. The van der Waals surface area contributed by atoms with Crippen LogP contribution in [0.5, 0.6) is 5.75 Å². The van der Waals surface area contributed by atoms with Crippen molar-refractivity contribution in [1.82, 2.24) is 5.32 Å². The number of aliphatic carboxylic acids is 1. The molecule has 1 aliphatic heterocycles. The summed E-state index contributed by atoms with van der Waals surface area (Å²) >= 11 is 0. The maximum Gasteiger partial charge on any atom is 0.329 e. The van der Waals surface area contributed by atoms with E-state index in [1.807, 2.05) is 0 Å². The van der Waals surface area contributed by atoms with E-state index < -0.39 is 34.8 Å². The molecule has 0 aromatic heterocycles. The Bertz CT molecular complexity index is 815. The van der Waals surface area contributed by atoms with Gasteiger partial charge in [-0.15, -0.1) is 0 Å². The number of amides is 2. The molecule has 0 saturated heterocycles. The normalized spacial score (nSPS) is 18.4. The number of carbonyl (C=O) groups excluding carboxylic acids is 2. The second kappa shape index (κ2) is 7.83. The number of carboxylic acid groups (broad SMARTS) is 1. The van der Waals surface area contributed by atoms with Gasteiger partial charge in [0.1, 0.15) is 17.8 Å². The van der Waals surface area contributed by atoms with E-state index in [1.165, 1.54) is 12.1 Å². The van der Waals surface area contributed by atoms with Crippen molar-refractivity contribution in [2.75, 3.05) is 18.1 Å². The highest BCUT2D eigenvalue weighted by Gasteiger charge is 2.41. The van der Waals surface area contributed by atoms with Crippen molar-refractivity contribution in [1.29, 1.82) is 0 Å². The lowest BCUT2D eigenvalue weighted by atomic mass is 9.90. The van der Waals surface area contributed by atoms with Crippen LogP contribution in [0.1, 0.15) is 38.5 Å². The van der Waals surface area contributed by atoms with Crippen LogP contribution in [0, 0.1) is 10.1 Å². The molecule has 10 heteroatoms. The maximum absolute atomic E-state index is 12.6. The van der Waals surface area contributed by atoms with Gasteiger partial charge in [0.25, 0.3) is 11.6 Å². The van der Waals surface area contributed by atoms with Crippen LogP contribution in [0.3, 0.4) is 0 Å². The highest BCUT2D eigenvalue weighted by molar-refractivity contribution is 6.03. The van der Waals surface area contributed by atoms with Gasteiger partial charge in [0.05, 0.1) is 10.6 Å². The van der Waals surface area contributed by atoms with Gasteiger partial charge in [0.2, 0.25) is 5.91 Å². The standard InChI is InChI=1S/C18H21N3O7/c22-15(19-18(17(24)25)7-3-1-2-4-8-18)10-20-13-9-12(21(26)27)5-6-14(13)28-11-16(20)23/h5-6,9H,1-4,7-8,10-11H2,(H,19,22)(H,24,25). The summed E-state index contributed by atoms with van der Waals surface area (Å²) in [6.45, 7) is -0.743. The molecule has 1 heterocycles. The zero-order valence-corrected chi connectivity index (χ0v) is 15.2. The van der Waals surface area contributed by atoms with Gasteiger partial charge in [-0.25, -0.2) is 4.79 Å². The van der Waals surface area contributed by atoms with Gasteiger partial charge in [-0.05, 0) is 18.9 Å². The largest absolute Gasteiger partial charge is 0.482 e. The lowest BCUT2D eigenvalue weighted by Gasteiger charge is -2.32. The molecule has 1 saturated carbocycles. The fourth-order valence-corrected chi connectivity index (χ4v) is 3.65. The van der Waals surface area contributed by atoms with Crippen molar-refractivity contribution in [3.63, 3.8) is 0 Å². The summed E-state index contributed by atoms with van der Waals surface area (Å²) in [6.07, 6.45) is 3.85. The number of ether oxygens (including phenoxy) is 1. The molecule has 1 aliphatic carbocycles. The number of fused-ring (bicyclic) bond motifs is 1. The van der Waals surface area contributed by atoms with E-state index in [9.17, 15) is 29.6 Å². The average Bonchev–Trinajstić information content (AvgIpc) is 2.90. The van der Waals surface area contributed by atoms with Crippen molar-refractivity contribution in [3.05, 3.63) is 28.3 Å². The fraction of sp³-hybridized carbons (Fsp3) is 0.500. The Kier molecular flexibility index (Phi) is 5.48. The van der Waals surface area contributed by atoms with Gasteiger partial charge in [0, 0.05) is 12.1 Å². The van der Waals surface area contributed by atoms with Gasteiger partial charge in [-0.2, -0.15) is 0 Å². The molecule has 1 aromatic rings. The molecule has 3 rings (SSSR count). The number of rotatable bonds is 5. The highest BCUT2D eigenvalue weighted by atomic mass is 16.6. The zero-order chi connectivity index (χ0) is 20.3. The molecule has 1 fully saturated rings. The van der Waals surface area contributed by atoms with Gasteiger partial charge in [-0.1, -0.05) is 25.7 Å². The van der Waals surface area contributed by atoms with Crippen molar-refractivity contribution >= 4 is 29.2 Å². The summed E-state index contributed by atoms with van der Waals surface area (Å²) in [7, 11) is 0. The Morgan fingerprint density at radius 1 is 1.25 bits per heavy atom. The molecule has 2 amide bonds. The molecule has 28 heavy (non-hydrogen) atoms. The quantitative estimate of drug-likeness (QED) is 0.441. The number of hydrogen-bond donors (Lipinski definition) is 2. The average molecular weight is 391 g/mol. The Balaban J connectivity index is 1.81. The number of hydrogen-bond acceptors (Lipinski definition) is 6. The number of benzene rings is 1. The minimum atomic E-state index is -1.35. The number of non-ortho nitro benzene ring substituents is 1. The molecule has 0 atom stereocenters. The smallest absolute Gasteiger partial charge is 0.329 e. The van der Waals surface area contributed by atoms with E-state index in [1.54, 1.807) is 0 Å². The Morgan fingerprint density at radius 3 is 2.54 bits per heavy atom. The lowest BCUT2D eigenvalue weighted by molar-refractivity contribution is -0.384. The number of nitro groups is 1. The van der Waals surface area contributed by atoms with Crippen LogP contribution in [-0.2, 0) is 14.4 Å². The number of nitrogens with zero attached hydrogens (tertiary/aromatic N) is 2. The first kappa shape index (κ1) is 19.6. The van der Waals surface area contributed by atoms with Crippen LogP contribution in [0.25, 0.3) is 0 Å². The topological polar surface area (TPSA) is 139 Å². The van der Waals surface area contributed by atoms with Crippen LogP contribution in [0.15, 0.2) is 18.2 Å². The van der Waals surface area contributed by atoms with Crippen LogP contribution in [-0.4, -0.2) is 46.5 Å². The van der Waals surface area contributed by atoms with Crippen molar-refractivity contribution in [2.24, 2.45) is 0 Å². The van der Waals surface area contributed by atoms with Gasteiger partial charge >= 0.3 is 5.97 Å². The number of nitrogens with one attached hydrogen (secondary N) is 1. The molecule has 2 aliphatic rings. The first-order valence-corrected chi connectivity index (χ1v) is 9.08. The summed E-state index contributed by atoms with van der Waals surface area (Å²) in [5, 5.41) is 23.3. The fourth-order valence-electron chi connectivity index (χ4n) is 3.65. The Hall–Kier alpha value is -3.17. The number of nitro benzene ring substituents is 1. The molecule has 150 valence electrons. The molecule has 0 bridgehead atoms. The predicted octanol–water partition coefficient (Wildman–Crippen LogP) is 1.61. The van der Waals surface area contributed by atoms with Crippen LogP contribution in [0.4, 0.5) is 11.4 Å². The second-order valence-electron chi connectivity index (χ2n) is 7.03.